The predicted molar refractivity (Wildman–Crippen MR) is 68.6 cm³/mol. The molecule has 1 saturated heterocycles. The van der Waals surface area contributed by atoms with Crippen LogP contribution >= 0.6 is 0 Å². The fraction of sp³-hybridized carbons (Fsp3) is 0.429. The van der Waals surface area contributed by atoms with Crippen molar-refractivity contribution in [1.29, 1.82) is 0 Å². The van der Waals surface area contributed by atoms with E-state index in [1.807, 2.05) is 13.0 Å². The molecule has 102 valence electrons. The number of β-amino-alcohol motifs (C(OH)–C–C–N with tert-alkyl or cyclic N) is 1. The van der Waals surface area contributed by atoms with Crippen LogP contribution in [0, 0.1) is 6.92 Å². The van der Waals surface area contributed by atoms with Crippen LogP contribution < -0.4 is 0 Å². The van der Waals surface area contributed by atoms with Crippen molar-refractivity contribution in [3.05, 3.63) is 35.4 Å². The van der Waals surface area contributed by atoms with Crippen molar-refractivity contribution in [3.63, 3.8) is 0 Å². The van der Waals surface area contributed by atoms with Gasteiger partial charge in [-0.3, -0.25) is 4.79 Å². The van der Waals surface area contributed by atoms with Crippen molar-refractivity contribution < 1.29 is 19.4 Å². The van der Waals surface area contributed by atoms with E-state index in [1.54, 1.807) is 18.2 Å². The van der Waals surface area contributed by atoms with Gasteiger partial charge in [0.15, 0.2) is 0 Å². The van der Waals surface area contributed by atoms with E-state index < -0.39 is 18.1 Å². The number of rotatable bonds is 2. The van der Waals surface area contributed by atoms with Gasteiger partial charge in [0.1, 0.15) is 6.04 Å². The van der Waals surface area contributed by atoms with Gasteiger partial charge >= 0.3 is 5.97 Å². The van der Waals surface area contributed by atoms with Crippen LogP contribution in [0.4, 0.5) is 0 Å². The largest absolute Gasteiger partial charge is 0.467 e. The topological polar surface area (TPSA) is 66.8 Å². The molecule has 1 aromatic rings. The van der Waals surface area contributed by atoms with Gasteiger partial charge in [-0.15, -0.1) is 0 Å². The Morgan fingerprint density at radius 1 is 1.42 bits per heavy atom. The molecule has 1 aliphatic heterocycles. The number of amides is 1. The molecule has 5 nitrogen and oxygen atoms in total. The Balaban J connectivity index is 2.24. The van der Waals surface area contributed by atoms with Crippen molar-refractivity contribution in [1.82, 2.24) is 4.90 Å². The summed E-state index contributed by atoms with van der Waals surface area (Å²) in [6, 6.07) is 6.46. The number of aliphatic hydroxyl groups excluding tert-OH is 1. The Hall–Kier alpha value is -1.88. The quantitative estimate of drug-likeness (QED) is 0.799. The fourth-order valence-electron chi connectivity index (χ4n) is 2.34. The normalized spacial score (nSPS) is 22.4. The molecular formula is C14H17NO4. The van der Waals surface area contributed by atoms with Crippen LogP contribution in [0.1, 0.15) is 22.3 Å². The van der Waals surface area contributed by atoms with Gasteiger partial charge in [0.25, 0.3) is 5.91 Å². The maximum Gasteiger partial charge on any atom is 0.328 e. The van der Waals surface area contributed by atoms with E-state index in [9.17, 15) is 14.7 Å². The van der Waals surface area contributed by atoms with E-state index >= 15 is 0 Å². The van der Waals surface area contributed by atoms with Gasteiger partial charge in [-0.2, -0.15) is 0 Å². The molecule has 0 aliphatic carbocycles. The standard InChI is InChI=1S/C14H17NO4/c1-9-4-3-5-10(6-9)13(17)15-8-11(16)7-12(15)14(18)19-2/h3-6,11-12,16H,7-8H2,1-2H3. The third-order valence-corrected chi connectivity index (χ3v) is 3.28. The minimum Gasteiger partial charge on any atom is -0.467 e. The van der Waals surface area contributed by atoms with Crippen LogP contribution in [0.3, 0.4) is 0 Å². The number of aryl methyl sites for hydroxylation is 1. The number of likely N-dealkylation sites (tertiary alicyclic amines) is 1. The molecule has 1 amide bonds. The van der Waals surface area contributed by atoms with Crippen molar-refractivity contribution in [3.8, 4) is 0 Å². The van der Waals surface area contributed by atoms with E-state index in [0.29, 0.717) is 5.56 Å². The van der Waals surface area contributed by atoms with E-state index in [1.165, 1.54) is 12.0 Å². The van der Waals surface area contributed by atoms with Crippen LogP contribution in [-0.2, 0) is 9.53 Å². The summed E-state index contributed by atoms with van der Waals surface area (Å²) >= 11 is 0. The lowest BCUT2D eigenvalue weighted by Gasteiger charge is -2.22. The number of esters is 1. The first-order valence-corrected chi connectivity index (χ1v) is 6.16. The molecule has 19 heavy (non-hydrogen) atoms. The number of aliphatic hydroxyl groups is 1. The zero-order valence-corrected chi connectivity index (χ0v) is 11.0. The molecule has 0 bridgehead atoms. The third kappa shape index (κ3) is 2.76. The summed E-state index contributed by atoms with van der Waals surface area (Å²) in [7, 11) is 1.28. The summed E-state index contributed by atoms with van der Waals surface area (Å²) in [6.45, 7) is 2.06. The Bertz CT molecular complexity index is 500. The number of benzene rings is 1. The molecule has 0 saturated carbocycles. The Morgan fingerprint density at radius 3 is 2.79 bits per heavy atom. The first-order chi connectivity index (χ1) is 9.02. The smallest absolute Gasteiger partial charge is 0.328 e. The van der Waals surface area contributed by atoms with E-state index in [4.69, 9.17) is 0 Å². The van der Waals surface area contributed by atoms with Gasteiger partial charge in [0, 0.05) is 18.5 Å². The molecule has 1 fully saturated rings. The Morgan fingerprint density at radius 2 is 2.16 bits per heavy atom. The van der Waals surface area contributed by atoms with Crippen LogP contribution in [0.2, 0.25) is 0 Å². The highest BCUT2D eigenvalue weighted by atomic mass is 16.5. The van der Waals surface area contributed by atoms with E-state index in [-0.39, 0.29) is 18.9 Å². The zero-order valence-electron chi connectivity index (χ0n) is 11.0. The van der Waals surface area contributed by atoms with E-state index in [2.05, 4.69) is 4.74 Å². The molecule has 1 N–H and O–H groups in total. The molecule has 5 heteroatoms. The Labute approximate surface area is 111 Å². The number of ether oxygens (including phenoxy) is 1. The molecule has 0 aromatic heterocycles. The summed E-state index contributed by atoms with van der Waals surface area (Å²) in [5.41, 5.74) is 1.49. The summed E-state index contributed by atoms with van der Waals surface area (Å²) in [5.74, 6) is -0.742. The van der Waals surface area contributed by atoms with Gasteiger partial charge in [-0.1, -0.05) is 17.7 Å². The van der Waals surface area contributed by atoms with Crippen molar-refractivity contribution in [2.24, 2.45) is 0 Å². The van der Waals surface area contributed by atoms with Crippen molar-refractivity contribution in [2.75, 3.05) is 13.7 Å². The fourth-order valence-corrected chi connectivity index (χ4v) is 2.34. The first kappa shape index (κ1) is 13.5. The van der Waals surface area contributed by atoms with Gasteiger partial charge < -0.3 is 14.7 Å². The van der Waals surface area contributed by atoms with Crippen LogP contribution in [-0.4, -0.2) is 47.7 Å². The third-order valence-electron chi connectivity index (χ3n) is 3.28. The predicted octanol–water partition coefficient (Wildman–Crippen LogP) is 0.743. The van der Waals surface area contributed by atoms with Crippen LogP contribution in [0.5, 0.6) is 0 Å². The second-order valence-corrected chi connectivity index (χ2v) is 4.76. The highest BCUT2D eigenvalue weighted by molar-refractivity contribution is 5.97. The average Bonchev–Trinajstić information content (AvgIpc) is 2.79. The maximum absolute atomic E-state index is 12.4. The molecule has 0 spiro atoms. The number of hydrogen-bond acceptors (Lipinski definition) is 4. The molecule has 0 radical (unpaired) electrons. The number of methoxy groups -OCH3 is 1. The summed E-state index contributed by atoms with van der Waals surface area (Å²) in [5, 5.41) is 9.66. The summed E-state index contributed by atoms with van der Waals surface area (Å²) < 4.78 is 4.68. The van der Waals surface area contributed by atoms with Crippen molar-refractivity contribution >= 4 is 11.9 Å². The second-order valence-electron chi connectivity index (χ2n) is 4.76. The maximum atomic E-state index is 12.4. The number of carbonyl (C=O) groups excluding carboxylic acids is 2. The monoisotopic (exact) mass is 263 g/mol. The van der Waals surface area contributed by atoms with Gasteiger partial charge in [0.05, 0.1) is 13.2 Å². The number of carbonyl (C=O) groups is 2. The Kier molecular flexibility index (Phi) is 3.85. The lowest BCUT2D eigenvalue weighted by atomic mass is 10.1. The lowest BCUT2D eigenvalue weighted by molar-refractivity contribution is -0.145. The molecule has 2 atom stereocenters. The molecular weight excluding hydrogens is 246 g/mol. The van der Waals surface area contributed by atoms with Crippen LogP contribution in [0.25, 0.3) is 0 Å². The summed E-state index contributed by atoms with van der Waals surface area (Å²) in [6.07, 6.45) is -0.456. The number of hydrogen-bond donors (Lipinski definition) is 1. The lowest BCUT2D eigenvalue weighted by Crippen LogP contribution is -2.41. The average molecular weight is 263 g/mol. The van der Waals surface area contributed by atoms with Gasteiger partial charge in [-0.25, -0.2) is 4.79 Å². The highest BCUT2D eigenvalue weighted by Crippen LogP contribution is 2.22. The van der Waals surface area contributed by atoms with Gasteiger partial charge in [0.2, 0.25) is 0 Å². The molecule has 1 aliphatic rings. The van der Waals surface area contributed by atoms with Crippen LogP contribution in [0.15, 0.2) is 24.3 Å². The molecule has 1 aromatic carbocycles. The number of nitrogens with zero attached hydrogens (tertiary/aromatic N) is 1. The first-order valence-electron chi connectivity index (χ1n) is 6.16. The highest BCUT2D eigenvalue weighted by Gasteiger charge is 2.39. The van der Waals surface area contributed by atoms with Crippen molar-refractivity contribution in [2.45, 2.75) is 25.5 Å². The summed E-state index contributed by atoms with van der Waals surface area (Å²) in [4.78, 5) is 25.4. The second kappa shape index (κ2) is 5.40. The van der Waals surface area contributed by atoms with E-state index in [0.717, 1.165) is 5.56 Å². The van der Waals surface area contributed by atoms with Gasteiger partial charge in [-0.05, 0) is 19.1 Å². The minimum atomic E-state index is -0.701. The molecule has 2 rings (SSSR count). The zero-order chi connectivity index (χ0) is 14.0. The molecule has 2 unspecified atom stereocenters. The SMILES string of the molecule is COC(=O)C1CC(O)CN1C(=O)c1cccc(C)c1. The molecule has 1 heterocycles. The minimum absolute atomic E-state index is 0.159.